The van der Waals surface area contributed by atoms with Gasteiger partial charge in [0.25, 0.3) is 0 Å². The van der Waals surface area contributed by atoms with Gasteiger partial charge in [0.05, 0.1) is 23.3 Å². The van der Waals surface area contributed by atoms with E-state index in [9.17, 15) is 9.18 Å². The zero-order valence-electron chi connectivity index (χ0n) is 19.4. The molecule has 176 valence electrons. The quantitative estimate of drug-likeness (QED) is 0.458. The van der Waals surface area contributed by atoms with E-state index in [1.807, 2.05) is 20.8 Å². The summed E-state index contributed by atoms with van der Waals surface area (Å²) in [7, 11) is 3.47. The van der Waals surface area contributed by atoms with Crippen LogP contribution >= 0.6 is 0 Å². The van der Waals surface area contributed by atoms with Crippen LogP contribution in [0.15, 0.2) is 42.9 Å². The Morgan fingerprint density at radius 1 is 1.06 bits per heavy atom. The SMILES string of the molecule is Cn1cc(-c2cc(Oc3ccc(F)c(NC(=O)Nc4cc(C(C)(C)C)nn4C)c3)ncn2)nn1. The van der Waals surface area contributed by atoms with E-state index < -0.39 is 11.8 Å². The van der Waals surface area contributed by atoms with Gasteiger partial charge in [0.15, 0.2) is 0 Å². The van der Waals surface area contributed by atoms with Gasteiger partial charge >= 0.3 is 6.03 Å². The molecule has 0 fully saturated rings. The number of hydrogen-bond acceptors (Lipinski definition) is 7. The summed E-state index contributed by atoms with van der Waals surface area (Å²) in [4.78, 5) is 20.7. The second-order valence-corrected chi connectivity index (χ2v) is 8.63. The van der Waals surface area contributed by atoms with E-state index in [1.54, 1.807) is 41.8 Å². The van der Waals surface area contributed by atoms with Gasteiger partial charge in [-0.25, -0.2) is 19.2 Å². The first-order chi connectivity index (χ1) is 16.1. The lowest BCUT2D eigenvalue weighted by Crippen LogP contribution is -2.21. The molecule has 0 unspecified atom stereocenters. The molecule has 2 N–H and O–H groups in total. The minimum absolute atomic E-state index is 0.0589. The lowest BCUT2D eigenvalue weighted by atomic mass is 9.92. The van der Waals surface area contributed by atoms with Crippen LogP contribution in [0.5, 0.6) is 11.6 Å². The lowest BCUT2D eigenvalue weighted by Gasteiger charge is -2.13. The van der Waals surface area contributed by atoms with E-state index in [0.717, 1.165) is 5.69 Å². The monoisotopic (exact) mass is 465 g/mol. The van der Waals surface area contributed by atoms with Gasteiger partial charge in [-0.15, -0.1) is 5.10 Å². The minimum Gasteiger partial charge on any atom is -0.439 e. The van der Waals surface area contributed by atoms with Crippen molar-refractivity contribution in [3.63, 3.8) is 0 Å². The van der Waals surface area contributed by atoms with Crippen molar-refractivity contribution in [2.24, 2.45) is 14.1 Å². The zero-order valence-corrected chi connectivity index (χ0v) is 19.4. The maximum Gasteiger partial charge on any atom is 0.324 e. The Morgan fingerprint density at radius 3 is 2.53 bits per heavy atom. The number of halogens is 1. The molecule has 0 aliphatic rings. The number of carbonyl (C=O) groups excluding carboxylic acids is 1. The van der Waals surface area contributed by atoms with Crippen molar-refractivity contribution in [1.82, 2.24) is 34.7 Å². The van der Waals surface area contributed by atoms with E-state index in [4.69, 9.17) is 4.74 Å². The number of amides is 2. The topological polar surface area (TPSA) is 125 Å². The van der Waals surface area contributed by atoms with Gasteiger partial charge in [0.2, 0.25) is 5.88 Å². The van der Waals surface area contributed by atoms with Crippen LogP contribution in [-0.2, 0) is 19.5 Å². The van der Waals surface area contributed by atoms with Crippen LogP contribution in [0.25, 0.3) is 11.4 Å². The van der Waals surface area contributed by atoms with Crippen LogP contribution in [0.2, 0.25) is 0 Å². The average Bonchev–Trinajstić information content (AvgIpc) is 3.36. The molecule has 4 rings (SSSR count). The molecule has 0 aliphatic carbocycles. The van der Waals surface area contributed by atoms with E-state index in [2.05, 4.69) is 36.0 Å². The maximum absolute atomic E-state index is 14.4. The smallest absolute Gasteiger partial charge is 0.324 e. The molecule has 3 heterocycles. The predicted molar refractivity (Wildman–Crippen MR) is 123 cm³/mol. The first-order valence-electron chi connectivity index (χ1n) is 10.4. The average molecular weight is 465 g/mol. The fraction of sp³-hybridized carbons (Fsp3) is 0.273. The Labute approximate surface area is 195 Å². The van der Waals surface area contributed by atoms with Gasteiger partial charge in [-0.05, 0) is 12.1 Å². The highest BCUT2D eigenvalue weighted by Gasteiger charge is 2.20. The summed E-state index contributed by atoms with van der Waals surface area (Å²) in [5, 5.41) is 17.5. The molecule has 0 spiro atoms. The molecule has 0 saturated heterocycles. The Kier molecular flexibility index (Phi) is 5.97. The number of ether oxygens (including phenoxy) is 1. The van der Waals surface area contributed by atoms with Crippen LogP contribution < -0.4 is 15.4 Å². The van der Waals surface area contributed by atoms with Gasteiger partial charge in [-0.3, -0.25) is 14.7 Å². The molecule has 1 aromatic carbocycles. The summed E-state index contributed by atoms with van der Waals surface area (Å²) in [6.45, 7) is 6.07. The summed E-state index contributed by atoms with van der Waals surface area (Å²) in [6, 6.07) is 6.73. The fourth-order valence-corrected chi connectivity index (χ4v) is 3.01. The van der Waals surface area contributed by atoms with Gasteiger partial charge < -0.3 is 10.1 Å². The van der Waals surface area contributed by atoms with Crippen molar-refractivity contribution >= 4 is 17.5 Å². The number of nitrogens with one attached hydrogen (secondary N) is 2. The van der Waals surface area contributed by atoms with E-state index in [-0.39, 0.29) is 22.7 Å². The number of nitrogens with zero attached hydrogens (tertiary/aromatic N) is 7. The Hall–Kier alpha value is -4.35. The van der Waals surface area contributed by atoms with Crippen LogP contribution in [-0.4, -0.2) is 40.8 Å². The maximum atomic E-state index is 14.4. The molecule has 0 radical (unpaired) electrons. The van der Waals surface area contributed by atoms with Gasteiger partial charge in [0, 0.05) is 37.7 Å². The summed E-state index contributed by atoms with van der Waals surface area (Å²) >= 11 is 0. The molecule has 0 aliphatic heterocycles. The van der Waals surface area contributed by atoms with Gasteiger partial charge in [-0.1, -0.05) is 26.0 Å². The highest BCUT2D eigenvalue weighted by molar-refractivity contribution is 5.99. The molecule has 12 heteroatoms. The first kappa shape index (κ1) is 22.8. The number of anilines is 2. The fourth-order valence-electron chi connectivity index (χ4n) is 3.01. The number of aryl methyl sites for hydroxylation is 2. The standard InChI is InChI=1S/C22H24FN9O2/c1-22(2,3)18-10-19(32(5)29-18)27-21(33)26-15-8-13(6-7-14(15)23)34-20-9-16(24-12-25-20)17-11-31(4)30-28-17/h6-12H,1-5H3,(H2,26,27,33). The van der Waals surface area contributed by atoms with Gasteiger partial charge in [-0.2, -0.15) is 5.10 Å². The number of hydrogen-bond donors (Lipinski definition) is 2. The van der Waals surface area contributed by atoms with Crippen molar-refractivity contribution in [1.29, 1.82) is 0 Å². The molecular weight excluding hydrogens is 441 g/mol. The normalized spacial score (nSPS) is 11.4. The largest absolute Gasteiger partial charge is 0.439 e. The summed E-state index contributed by atoms with van der Waals surface area (Å²) in [5.41, 5.74) is 1.65. The second-order valence-electron chi connectivity index (χ2n) is 8.63. The Bertz CT molecular complexity index is 1340. The molecule has 3 aromatic heterocycles. The molecule has 11 nitrogen and oxygen atoms in total. The third kappa shape index (κ3) is 5.17. The molecule has 34 heavy (non-hydrogen) atoms. The van der Waals surface area contributed by atoms with Crippen molar-refractivity contribution in [3.05, 3.63) is 54.4 Å². The Balaban J connectivity index is 1.47. The Morgan fingerprint density at radius 2 is 1.85 bits per heavy atom. The molecule has 4 aromatic rings. The van der Waals surface area contributed by atoms with E-state index >= 15 is 0 Å². The van der Waals surface area contributed by atoms with E-state index in [0.29, 0.717) is 17.2 Å². The van der Waals surface area contributed by atoms with Crippen LogP contribution in [0.4, 0.5) is 20.7 Å². The third-order valence-corrected chi connectivity index (χ3v) is 4.81. The first-order valence-corrected chi connectivity index (χ1v) is 10.4. The van der Waals surface area contributed by atoms with Crippen LogP contribution in [0, 0.1) is 5.82 Å². The minimum atomic E-state index is -0.620. The van der Waals surface area contributed by atoms with Crippen molar-refractivity contribution < 1.29 is 13.9 Å². The number of benzene rings is 1. The summed E-state index contributed by atoms with van der Waals surface area (Å²) in [5.74, 6) is 0.358. The van der Waals surface area contributed by atoms with Crippen LogP contribution in [0.1, 0.15) is 26.5 Å². The molecule has 2 amide bonds. The second kappa shape index (κ2) is 8.89. The molecule has 0 bridgehead atoms. The van der Waals surface area contributed by atoms with E-state index in [1.165, 1.54) is 24.5 Å². The van der Waals surface area contributed by atoms with Crippen molar-refractivity contribution in [2.75, 3.05) is 10.6 Å². The summed E-state index contributed by atoms with van der Waals surface area (Å²) < 4.78 is 23.2. The highest BCUT2D eigenvalue weighted by atomic mass is 19.1. The van der Waals surface area contributed by atoms with Crippen molar-refractivity contribution in [3.8, 4) is 23.0 Å². The van der Waals surface area contributed by atoms with Crippen molar-refractivity contribution in [2.45, 2.75) is 26.2 Å². The number of carbonyl (C=O) groups is 1. The third-order valence-electron chi connectivity index (χ3n) is 4.81. The van der Waals surface area contributed by atoms with Gasteiger partial charge in [0.1, 0.15) is 29.4 Å². The summed E-state index contributed by atoms with van der Waals surface area (Å²) in [6.07, 6.45) is 3.03. The highest BCUT2D eigenvalue weighted by Crippen LogP contribution is 2.27. The number of aromatic nitrogens is 7. The lowest BCUT2D eigenvalue weighted by molar-refractivity contribution is 0.262. The van der Waals surface area contributed by atoms with Crippen LogP contribution in [0.3, 0.4) is 0 Å². The molecule has 0 atom stereocenters. The number of rotatable bonds is 5. The number of urea groups is 1. The molecule has 0 saturated carbocycles. The molecular formula is C22H24FN9O2. The predicted octanol–water partition coefficient (Wildman–Crippen LogP) is 3.88. The zero-order chi connectivity index (χ0) is 24.5.